The SMILES string of the molecule is CNC(=O)CNCCc1csc(C)n1. The number of nitrogens with one attached hydrogen (secondary N) is 2. The summed E-state index contributed by atoms with van der Waals surface area (Å²) in [5.41, 5.74) is 1.09. The van der Waals surface area contributed by atoms with Gasteiger partial charge in [-0.2, -0.15) is 0 Å². The molecule has 0 fully saturated rings. The van der Waals surface area contributed by atoms with Gasteiger partial charge in [-0.15, -0.1) is 11.3 Å². The highest BCUT2D eigenvalue weighted by Crippen LogP contribution is 2.07. The Hall–Kier alpha value is -0.940. The van der Waals surface area contributed by atoms with Crippen LogP contribution in [0.2, 0.25) is 0 Å². The average Bonchev–Trinajstić information content (AvgIpc) is 2.58. The van der Waals surface area contributed by atoms with Crippen molar-refractivity contribution < 1.29 is 4.79 Å². The third-order valence-corrected chi connectivity index (χ3v) is 2.61. The summed E-state index contributed by atoms with van der Waals surface area (Å²) < 4.78 is 0. The lowest BCUT2D eigenvalue weighted by atomic mass is 10.3. The number of thiazole rings is 1. The fraction of sp³-hybridized carbons (Fsp3) is 0.556. The normalized spacial score (nSPS) is 10.1. The first-order chi connectivity index (χ1) is 6.72. The van der Waals surface area contributed by atoms with Crippen LogP contribution in [0.25, 0.3) is 0 Å². The van der Waals surface area contributed by atoms with Gasteiger partial charge in [-0.3, -0.25) is 4.79 Å². The van der Waals surface area contributed by atoms with Crippen molar-refractivity contribution in [1.82, 2.24) is 15.6 Å². The Morgan fingerprint density at radius 2 is 2.43 bits per heavy atom. The number of likely N-dealkylation sites (N-methyl/N-ethyl adjacent to an activating group) is 1. The summed E-state index contributed by atoms with van der Waals surface area (Å²) in [6.45, 7) is 3.16. The predicted molar refractivity (Wildman–Crippen MR) is 57.5 cm³/mol. The molecule has 0 bridgehead atoms. The molecule has 1 rings (SSSR count). The Kier molecular flexibility index (Phi) is 4.55. The summed E-state index contributed by atoms with van der Waals surface area (Å²) in [5.74, 6) is 0.0134. The van der Waals surface area contributed by atoms with Crippen molar-refractivity contribution in [3.8, 4) is 0 Å². The highest BCUT2D eigenvalue weighted by molar-refractivity contribution is 7.09. The van der Waals surface area contributed by atoms with Crippen molar-refractivity contribution in [2.75, 3.05) is 20.1 Å². The van der Waals surface area contributed by atoms with Crippen LogP contribution in [0.15, 0.2) is 5.38 Å². The first-order valence-corrected chi connectivity index (χ1v) is 5.42. The number of aryl methyl sites for hydroxylation is 1. The number of aromatic nitrogens is 1. The van der Waals surface area contributed by atoms with E-state index in [2.05, 4.69) is 21.0 Å². The van der Waals surface area contributed by atoms with Gasteiger partial charge in [0, 0.05) is 25.4 Å². The Morgan fingerprint density at radius 3 is 3.00 bits per heavy atom. The third-order valence-electron chi connectivity index (χ3n) is 1.79. The molecule has 0 spiro atoms. The zero-order valence-electron chi connectivity index (χ0n) is 8.46. The Morgan fingerprint density at radius 1 is 1.64 bits per heavy atom. The first kappa shape index (κ1) is 11.1. The van der Waals surface area contributed by atoms with Crippen LogP contribution in [0.1, 0.15) is 10.7 Å². The van der Waals surface area contributed by atoms with Gasteiger partial charge >= 0.3 is 0 Å². The van der Waals surface area contributed by atoms with E-state index >= 15 is 0 Å². The number of nitrogens with zero attached hydrogens (tertiary/aromatic N) is 1. The molecule has 5 heteroatoms. The Balaban J connectivity index is 2.13. The molecular weight excluding hydrogens is 198 g/mol. The molecular formula is C9H15N3OS. The van der Waals surface area contributed by atoms with Crippen molar-refractivity contribution in [1.29, 1.82) is 0 Å². The Labute approximate surface area is 87.7 Å². The second-order valence-electron chi connectivity index (χ2n) is 2.96. The van der Waals surface area contributed by atoms with Gasteiger partial charge in [-0.25, -0.2) is 4.98 Å². The molecule has 1 aromatic heterocycles. The van der Waals surface area contributed by atoms with Gasteiger partial charge in [0.15, 0.2) is 0 Å². The van der Waals surface area contributed by atoms with Crippen LogP contribution in [0.4, 0.5) is 0 Å². The van der Waals surface area contributed by atoms with Crippen molar-refractivity contribution >= 4 is 17.2 Å². The number of hydrogen-bond acceptors (Lipinski definition) is 4. The number of amides is 1. The molecule has 0 aliphatic rings. The van der Waals surface area contributed by atoms with Crippen LogP contribution in [-0.4, -0.2) is 31.0 Å². The zero-order valence-corrected chi connectivity index (χ0v) is 9.28. The second-order valence-corrected chi connectivity index (χ2v) is 4.02. The zero-order chi connectivity index (χ0) is 10.4. The average molecular weight is 213 g/mol. The molecule has 2 N–H and O–H groups in total. The largest absolute Gasteiger partial charge is 0.358 e. The van der Waals surface area contributed by atoms with Crippen LogP contribution in [0.5, 0.6) is 0 Å². The van der Waals surface area contributed by atoms with Gasteiger partial charge in [0.1, 0.15) is 0 Å². The molecule has 0 atom stereocenters. The minimum absolute atomic E-state index is 0.0134. The highest BCUT2D eigenvalue weighted by Gasteiger charge is 1.99. The molecule has 0 radical (unpaired) electrons. The van der Waals surface area contributed by atoms with E-state index < -0.39 is 0 Å². The molecule has 4 nitrogen and oxygen atoms in total. The lowest BCUT2D eigenvalue weighted by molar-refractivity contribution is -0.119. The maximum absolute atomic E-state index is 10.8. The molecule has 14 heavy (non-hydrogen) atoms. The van der Waals surface area contributed by atoms with Crippen molar-refractivity contribution in [2.24, 2.45) is 0 Å². The quantitative estimate of drug-likeness (QED) is 0.693. The number of rotatable bonds is 5. The third kappa shape index (κ3) is 3.85. The van der Waals surface area contributed by atoms with Gasteiger partial charge < -0.3 is 10.6 Å². The van der Waals surface area contributed by atoms with E-state index in [1.807, 2.05) is 6.92 Å². The highest BCUT2D eigenvalue weighted by atomic mass is 32.1. The molecule has 0 saturated carbocycles. The molecule has 0 unspecified atom stereocenters. The smallest absolute Gasteiger partial charge is 0.233 e. The Bertz CT molecular complexity index is 298. The van der Waals surface area contributed by atoms with E-state index in [0.29, 0.717) is 6.54 Å². The first-order valence-electron chi connectivity index (χ1n) is 4.54. The minimum Gasteiger partial charge on any atom is -0.358 e. The molecule has 0 aliphatic heterocycles. The standard InChI is InChI=1S/C9H15N3OS/c1-7-12-8(6-14-7)3-4-11-5-9(13)10-2/h6,11H,3-5H2,1-2H3,(H,10,13). The van der Waals surface area contributed by atoms with Gasteiger partial charge in [0.05, 0.1) is 17.2 Å². The van der Waals surface area contributed by atoms with E-state index in [-0.39, 0.29) is 5.91 Å². The summed E-state index contributed by atoms with van der Waals surface area (Å²) >= 11 is 1.66. The van der Waals surface area contributed by atoms with Gasteiger partial charge in [-0.05, 0) is 6.92 Å². The summed E-state index contributed by atoms with van der Waals surface area (Å²) in [6, 6.07) is 0. The van der Waals surface area contributed by atoms with Crippen LogP contribution >= 0.6 is 11.3 Å². The van der Waals surface area contributed by atoms with E-state index in [4.69, 9.17) is 0 Å². The van der Waals surface area contributed by atoms with Crippen molar-refractivity contribution in [2.45, 2.75) is 13.3 Å². The number of hydrogen-bond donors (Lipinski definition) is 2. The van der Waals surface area contributed by atoms with Crippen molar-refractivity contribution in [3.63, 3.8) is 0 Å². The predicted octanol–water partition coefficient (Wildman–Crippen LogP) is 0.330. The molecule has 78 valence electrons. The van der Waals surface area contributed by atoms with E-state index in [0.717, 1.165) is 23.7 Å². The summed E-state index contributed by atoms with van der Waals surface area (Å²) in [7, 11) is 1.63. The van der Waals surface area contributed by atoms with Crippen LogP contribution < -0.4 is 10.6 Å². The number of carbonyl (C=O) groups excluding carboxylic acids is 1. The summed E-state index contributed by atoms with van der Waals surface area (Å²) in [5, 5.41) is 8.74. The van der Waals surface area contributed by atoms with Gasteiger partial charge in [0.2, 0.25) is 5.91 Å². The minimum atomic E-state index is 0.0134. The second kappa shape index (κ2) is 5.72. The fourth-order valence-corrected chi connectivity index (χ4v) is 1.68. The van der Waals surface area contributed by atoms with E-state index in [1.54, 1.807) is 18.4 Å². The lowest BCUT2D eigenvalue weighted by Crippen LogP contribution is -2.32. The van der Waals surface area contributed by atoms with Gasteiger partial charge in [0.25, 0.3) is 0 Å². The summed E-state index contributed by atoms with van der Waals surface area (Å²) in [4.78, 5) is 15.2. The molecule has 0 saturated heterocycles. The summed E-state index contributed by atoms with van der Waals surface area (Å²) in [6.07, 6.45) is 0.876. The van der Waals surface area contributed by atoms with Crippen molar-refractivity contribution in [3.05, 3.63) is 16.1 Å². The lowest BCUT2D eigenvalue weighted by Gasteiger charge is -2.01. The maximum atomic E-state index is 10.8. The van der Waals surface area contributed by atoms with Crippen LogP contribution in [-0.2, 0) is 11.2 Å². The van der Waals surface area contributed by atoms with E-state index in [9.17, 15) is 4.79 Å². The monoisotopic (exact) mass is 213 g/mol. The molecule has 1 heterocycles. The van der Waals surface area contributed by atoms with Crippen LogP contribution in [0, 0.1) is 6.92 Å². The van der Waals surface area contributed by atoms with Gasteiger partial charge in [-0.1, -0.05) is 0 Å². The molecule has 0 aliphatic carbocycles. The topological polar surface area (TPSA) is 54.0 Å². The number of carbonyl (C=O) groups is 1. The molecule has 0 aromatic carbocycles. The fourth-order valence-electron chi connectivity index (χ4n) is 1.03. The molecule has 1 amide bonds. The van der Waals surface area contributed by atoms with E-state index in [1.165, 1.54) is 0 Å². The van der Waals surface area contributed by atoms with Crippen LogP contribution in [0.3, 0.4) is 0 Å². The maximum Gasteiger partial charge on any atom is 0.233 e. The molecule has 1 aromatic rings.